The summed E-state index contributed by atoms with van der Waals surface area (Å²) < 4.78 is 0. The van der Waals surface area contributed by atoms with Crippen LogP contribution in [0.4, 0.5) is 0 Å². The molecule has 7 heteroatoms. The first kappa shape index (κ1) is 17.5. The summed E-state index contributed by atoms with van der Waals surface area (Å²) in [4.78, 5) is 31.5. The predicted octanol–water partition coefficient (Wildman–Crippen LogP) is 1.95. The summed E-state index contributed by atoms with van der Waals surface area (Å²) in [6.07, 6.45) is 5.09. The molecule has 4 rings (SSSR count). The van der Waals surface area contributed by atoms with Crippen LogP contribution < -0.4 is 16.2 Å². The van der Waals surface area contributed by atoms with Crippen molar-refractivity contribution < 1.29 is 4.79 Å². The number of rotatable bonds is 6. The van der Waals surface area contributed by atoms with Crippen molar-refractivity contribution in [1.29, 1.82) is 0 Å². The fourth-order valence-electron chi connectivity index (χ4n) is 4.01. The molecule has 6 nitrogen and oxygen atoms in total. The number of nitrogens with one attached hydrogen (secondary N) is 3. The van der Waals surface area contributed by atoms with Crippen LogP contribution in [0.3, 0.4) is 0 Å². The van der Waals surface area contributed by atoms with Gasteiger partial charge in [-0.2, -0.15) is 11.8 Å². The minimum Gasteiger partial charge on any atom is -0.353 e. The molecule has 2 unspecified atom stereocenters. The van der Waals surface area contributed by atoms with E-state index in [0.29, 0.717) is 47.0 Å². The molecule has 2 fully saturated rings. The maximum absolute atomic E-state index is 12.2. The Morgan fingerprint density at radius 1 is 1.23 bits per heavy atom. The molecule has 2 atom stereocenters. The van der Waals surface area contributed by atoms with Gasteiger partial charge in [-0.05, 0) is 37.8 Å². The van der Waals surface area contributed by atoms with Gasteiger partial charge in [-0.1, -0.05) is 12.1 Å². The summed E-state index contributed by atoms with van der Waals surface area (Å²) in [5.41, 5.74) is 0.606. The van der Waals surface area contributed by atoms with Crippen LogP contribution in [0.2, 0.25) is 0 Å². The minimum absolute atomic E-state index is 0.107. The molecule has 1 aromatic heterocycles. The Hall–Kier alpha value is -1.86. The topological polar surface area (TPSA) is 86.9 Å². The molecule has 2 bridgehead atoms. The van der Waals surface area contributed by atoms with Gasteiger partial charge in [-0.3, -0.25) is 9.59 Å². The Morgan fingerprint density at radius 3 is 2.81 bits per heavy atom. The van der Waals surface area contributed by atoms with Crippen LogP contribution in [-0.4, -0.2) is 39.8 Å². The van der Waals surface area contributed by atoms with Crippen LogP contribution in [0.5, 0.6) is 0 Å². The van der Waals surface area contributed by atoms with E-state index in [1.807, 2.05) is 18.2 Å². The van der Waals surface area contributed by atoms with Crippen molar-refractivity contribution in [2.24, 2.45) is 0 Å². The van der Waals surface area contributed by atoms with Crippen LogP contribution in [0.15, 0.2) is 29.1 Å². The highest BCUT2D eigenvalue weighted by Gasteiger charge is 2.33. The number of hydrogen-bond acceptors (Lipinski definition) is 5. The van der Waals surface area contributed by atoms with Crippen LogP contribution >= 0.6 is 11.8 Å². The molecule has 2 aliphatic rings. The van der Waals surface area contributed by atoms with Gasteiger partial charge in [0, 0.05) is 30.3 Å². The number of piperidine rings is 1. The summed E-state index contributed by atoms with van der Waals surface area (Å²) in [6.45, 7) is 0. The third kappa shape index (κ3) is 4.10. The van der Waals surface area contributed by atoms with Crippen LogP contribution in [0.1, 0.15) is 37.9 Å². The minimum atomic E-state index is -0.107. The number of hydrogen-bond donors (Lipinski definition) is 3. The average molecular weight is 372 g/mol. The van der Waals surface area contributed by atoms with Crippen molar-refractivity contribution in [1.82, 2.24) is 20.6 Å². The van der Waals surface area contributed by atoms with Gasteiger partial charge in [0.05, 0.1) is 16.7 Å². The van der Waals surface area contributed by atoms with Gasteiger partial charge >= 0.3 is 0 Å². The van der Waals surface area contributed by atoms with E-state index in [1.54, 1.807) is 17.8 Å². The number of H-pyrrole nitrogens is 1. The first-order valence-electron chi connectivity index (χ1n) is 9.28. The first-order valence-corrected chi connectivity index (χ1v) is 10.4. The van der Waals surface area contributed by atoms with Crippen molar-refractivity contribution in [3.05, 3.63) is 40.4 Å². The lowest BCUT2D eigenvalue weighted by Gasteiger charge is -2.29. The number of aromatic nitrogens is 2. The zero-order chi connectivity index (χ0) is 17.9. The first-order chi connectivity index (χ1) is 12.7. The lowest BCUT2D eigenvalue weighted by Crippen LogP contribution is -2.48. The summed E-state index contributed by atoms with van der Waals surface area (Å²) in [5, 5.41) is 7.38. The molecule has 3 N–H and O–H groups in total. The Labute approximate surface area is 156 Å². The van der Waals surface area contributed by atoms with E-state index in [4.69, 9.17) is 0 Å². The quantitative estimate of drug-likeness (QED) is 0.675. The number of carbonyl (C=O) groups excluding carboxylic acids is 1. The third-order valence-electron chi connectivity index (χ3n) is 5.21. The molecule has 1 aromatic carbocycles. The number of fused-ring (bicyclic) bond motifs is 3. The van der Waals surface area contributed by atoms with Crippen molar-refractivity contribution in [3.8, 4) is 0 Å². The molecular weight excluding hydrogens is 348 g/mol. The Morgan fingerprint density at radius 2 is 2.00 bits per heavy atom. The smallest absolute Gasteiger partial charge is 0.258 e. The number of para-hydroxylation sites is 1. The SMILES string of the molecule is O=C(CCSCc1nc2ccccc2c(=O)[nH]1)NC1CC2CCC(C1)N2. The Balaban J connectivity index is 1.22. The van der Waals surface area contributed by atoms with Crippen LogP contribution in [0.25, 0.3) is 10.9 Å². The molecule has 2 aromatic rings. The van der Waals surface area contributed by atoms with Gasteiger partial charge in [-0.25, -0.2) is 4.98 Å². The number of amides is 1. The number of benzene rings is 1. The fourth-order valence-corrected chi connectivity index (χ4v) is 4.82. The summed E-state index contributed by atoms with van der Waals surface area (Å²) >= 11 is 1.62. The van der Waals surface area contributed by atoms with Gasteiger partial charge in [-0.15, -0.1) is 0 Å². The van der Waals surface area contributed by atoms with Gasteiger partial charge in [0.2, 0.25) is 5.91 Å². The van der Waals surface area contributed by atoms with Gasteiger partial charge < -0.3 is 15.6 Å². The van der Waals surface area contributed by atoms with Crippen molar-refractivity contribution in [2.75, 3.05) is 5.75 Å². The zero-order valence-electron chi connectivity index (χ0n) is 14.7. The van der Waals surface area contributed by atoms with E-state index in [-0.39, 0.29) is 11.5 Å². The lowest BCUT2D eigenvalue weighted by atomic mass is 10.00. The fraction of sp³-hybridized carbons (Fsp3) is 0.526. The lowest BCUT2D eigenvalue weighted by molar-refractivity contribution is -0.121. The van der Waals surface area contributed by atoms with E-state index in [0.717, 1.165) is 18.6 Å². The molecule has 3 heterocycles. The summed E-state index contributed by atoms with van der Waals surface area (Å²) in [7, 11) is 0. The Kier molecular flexibility index (Phi) is 5.26. The molecule has 2 saturated heterocycles. The number of carbonyl (C=O) groups is 1. The maximum atomic E-state index is 12.2. The molecule has 2 aliphatic heterocycles. The monoisotopic (exact) mass is 372 g/mol. The molecular formula is C19H24N4O2S. The van der Waals surface area contributed by atoms with Crippen molar-refractivity contribution in [2.45, 2.75) is 56.0 Å². The van der Waals surface area contributed by atoms with Crippen molar-refractivity contribution in [3.63, 3.8) is 0 Å². The van der Waals surface area contributed by atoms with Crippen molar-refractivity contribution >= 4 is 28.6 Å². The molecule has 138 valence electrons. The Bertz CT molecular complexity index is 841. The number of aromatic amines is 1. The zero-order valence-corrected chi connectivity index (χ0v) is 15.5. The standard InChI is InChI=1S/C19H24N4O2S/c24-18(21-14-9-12-5-6-13(10-14)20-12)7-8-26-11-17-22-16-4-2-1-3-15(16)19(25)23-17/h1-4,12-14,20H,5-11H2,(H,21,24)(H,22,23,25). The maximum Gasteiger partial charge on any atom is 0.258 e. The number of nitrogens with zero attached hydrogens (tertiary/aromatic N) is 1. The molecule has 0 radical (unpaired) electrons. The van der Waals surface area contributed by atoms with E-state index >= 15 is 0 Å². The molecule has 0 saturated carbocycles. The van der Waals surface area contributed by atoms with E-state index in [2.05, 4.69) is 20.6 Å². The highest BCUT2D eigenvalue weighted by atomic mass is 32.2. The second-order valence-electron chi connectivity index (χ2n) is 7.21. The summed E-state index contributed by atoms with van der Waals surface area (Å²) in [5.74, 6) is 2.11. The van der Waals surface area contributed by atoms with E-state index < -0.39 is 0 Å². The van der Waals surface area contributed by atoms with Gasteiger partial charge in [0.15, 0.2) is 0 Å². The van der Waals surface area contributed by atoms with Gasteiger partial charge in [0.25, 0.3) is 5.56 Å². The second-order valence-corrected chi connectivity index (χ2v) is 8.31. The average Bonchev–Trinajstić information content (AvgIpc) is 2.97. The van der Waals surface area contributed by atoms with E-state index in [1.165, 1.54) is 12.8 Å². The third-order valence-corrected chi connectivity index (χ3v) is 6.18. The normalized spacial score (nSPS) is 24.7. The highest BCUT2D eigenvalue weighted by Crippen LogP contribution is 2.26. The molecule has 1 amide bonds. The molecule has 0 aliphatic carbocycles. The van der Waals surface area contributed by atoms with Gasteiger partial charge in [0.1, 0.15) is 5.82 Å². The largest absolute Gasteiger partial charge is 0.353 e. The molecule has 0 spiro atoms. The van der Waals surface area contributed by atoms with Crippen LogP contribution in [-0.2, 0) is 10.5 Å². The van der Waals surface area contributed by atoms with E-state index in [9.17, 15) is 9.59 Å². The molecule has 26 heavy (non-hydrogen) atoms. The highest BCUT2D eigenvalue weighted by molar-refractivity contribution is 7.98. The van der Waals surface area contributed by atoms with Crippen LogP contribution in [0, 0.1) is 0 Å². The predicted molar refractivity (Wildman–Crippen MR) is 104 cm³/mol. The number of thioether (sulfide) groups is 1. The second kappa shape index (κ2) is 7.80. The summed E-state index contributed by atoms with van der Waals surface area (Å²) in [6, 6.07) is 8.83.